The van der Waals surface area contributed by atoms with Gasteiger partial charge in [-0.3, -0.25) is 9.58 Å². The van der Waals surface area contributed by atoms with Gasteiger partial charge in [-0.15, -0.1) is 0 Å². The summed E-state index contributed by atoms with van der Waals surface area (Å²) in [6.45, 7) is 1.62. The van der Waals surface area contributed by atoms with Crippen LogP contribution >= 0.6 is 0 Å². The van der Waals surface area contributed by atoms with E-state index in [4.69, 9.17) is 0 Å². The quantitative estimate of drug-likeness (QED) is 0.832. The minimum Gasteiger partial charge on any atom is -0.389 e. The van der Waals surface area contributed by atoms with Gasteiger partial charge in [0.25, 0.3) is 0 Å². The minimum absolute atomic E-state index is 0.447. The van der Waals surface area contributed by atoms with Crippen molar-refractivity contribution in [2.75, 3.05) is 13.6 Å². The average Bonchev–Trinajstić information content (AvgIpc) is 2.75. The topological polar surface area (TPSA) is 41.3 Å². The Morgan fingerprint density at radius 3 is 2.75 bits per heavy atom. The second-order valence-electron chi connectivity index (χ2n) is 5.13. The fraction of sp³-hybridized carbons (Fsp3) is 0.750. The van der Waals surface area contributed by atoms with Gasteiger partial charge >= 0.3 is 0 Å². The monoisotopic (exact) mass is 223 g/mol. The van der Waals surface area contributed by atoms with Crippen LogP contribution in [0.2, 0.25) is 0 Å². The molecule has 0 bridgehead atoms. The van der Waals surface area contributed by atoms with E-state index in [0.717, 1.165) is 38.8 Å². The van der Waals surface area contributed by atoms with Gasteiger partial charge in [0.05, 0.1) is 11.8 Å². The number of hydrogen-bond acceptors (Lipinski definition) is 3. The van der Waals surface area contributed by atoms with Crippen LogP contribution in [0.1, 0.15) is 31.2 Å². The Labute approximate surface area is 96.9 Å². The molecule has 2 rings (SSSR count). The molecule has 1 fully saturated rings. The van der Waals surface area contributed by atoms with E-state index in [2.05, 4.69) is 17.0 Å². The number of likely N-dealkylation sites (N-methyl/N-ethyl adjacent to an activating group) is 1. The van der Waals surface area contributed by atoms with Gasteiger partial charge in [0.2, 0.25) is 0 Å². The van der Waals surface area contributed by atoms with Gasteiger partial charge in [-0.25, -0.2) is 0 Å². The lowest BCUT2D eigenvalue weighted by atomic mass is 10.0. The van der Waals surface area contributed by atoms with Gasteiger partial charge in [-0.1, -0.05) is 12.8 Å². The van der Waals surface area contributed by atoms with Crippen molar-refractivity contribution in [2.45, 2.75) is 37.8 Å². The lowest BCUT2D eigenvalue weighted by molar-refractivity contribution is 0.0145. The number of aromatic nitrogens is 2. The Balaban J connectivity index is 1.86. The van der Waals surface area contributed by atoms with Crippen molar-refractivity contribution in [1.29, 1.82) is 0 Å². The lowest BCUT2D eigenvalue weighted by Crippen LogP contribution is -2.38. The van der Waals surface area contributed by atoms with E-state index < -0.39 is 5.60 Å². The molecule has 0 radical (unpaired) electrons. The molecule has 0 saturated heterocycles. The maximum Gasteiger partial charge on any atom is 0.0774 e. The number of hydrogen-bond donors (Lipinski definition) is 1. The van der Waals surface area contributed by atoms with Crippen LogP contribution in [-0.2, 0) is 13.6 Å². The number of aliphatic hydroxyl groups is 1. The SMILES string of the molecule is CN(Cc1cnn(C)c1)CC1(O)CCCC1. The van der Waals surface area contributed by atoms with Crippen LogP contribution in [0.15, 0.2) is 12.4 Å². The van der Waals surface area contributed by atoms with Gasteiger partial charge in [-0.05, 0) is 19.9 Å². The molecule has 1 heterocycles. The predicted molar refractivity (Wildman–Crippen MR) is 63.0 cm³/mol. The highest BCUT2D eigenvalue weighted by molar-refractivity contribution is 5.03. The highest BCUT2D eigenvalue weighted by Gasteiger charge is 2.32. The van der Waals surface area contributed by atoms with E-state index >= 15 is 0 Å². The summed E-state index contributed by atoms with van der Waals surface area (Å²) in [5.74, 6) is 0. The normalized spacial score (nSPS) is 19.5. The van der Waals surface area contributed by atoms with Crippen molar-refractivity contribution in [1.82, 2.24) is 14.7 Å². The second-order valence-corrected chi connectivity index (χ2v) is 5.13. The van der Waals surface area contributed by atoms with Crippen LogP contribution in [0.3, 0.4) is 0 Å². The summed E-state index contributed by atoms with van der Waals surface area (Å²) in [5.41, 5.74) is 0.753. The standard InChI is InChI=1S/C12H21N3O/c1-14(8-11-7-13-15(2)9-11)10-12(16)5-3-4-6-12/h7,9,16H,3-6,8,10H2,1-2H3. The van der Waals surface area contributed by atoms with E-state index in [1.165, 1.54) is 5.56 Å². The maximum absolute atomic E-state index is 10.3. The van der Waals surface area contributed by atoms with E-state index in [1.807, 2.05) is 24.1 Å². The molecule has 4 nitrogen and oxygen atoms in total. The Bertz CT molecular complexity index is 342. The molecule has 1 saturated carbocycles. The average molecular weight is 223 g/mol. The molecule has 0 spiro atoms. The first-order valence-corrected chi connectivity index (χ1v) is 5.96. The molecule has 1 aliphatic rings. The molecule has 16 heavy (non-hydrogen) atoms. The van der Waals surface area contributed by atoms with E-state index in [-0.39, 0.29) is 0 Å². The zero-order valence-electron chi connectivity index (χ0n) is 10.2. The number of aryl methyl sites for hydroxylation is 1. The van der Waals surface area contributed by atoms with Crippen molar-refractivity contribution < 1.29 is 5.11 Å². The van der Waals surface area contributed by atoms with Crippen LogP contribution < -0.4 is 0 Å². The highest BCUT2D eigenvalue weighted by Crippen LogP contribution is 2.30. The molecule has 0 amide bonds. The summed E-state index contributed by atoms with van der Waals surface area (Å²) >= 11 is 0. The summed E-state index contributed by atoms with van der Waals surface area (Å²) in [6, 6.07) is 0. The van der Waals surface area contributed by atoms with Crippen LogP contribution in [-0.4, -0.2) is 39.0 Å². The predicted octanol–water partition coefficient (Wildman–Crippen LogP) is 1.16. The molecule has 0 unspecified atom stereocenters. The van der Waals surface area contributed by atoms with Crippen LogP contribution in [0, 0.1) is 0 Å². The van der Waals surface area contributed by atoms with E-state index in [9.17, 15) is 5.11 Å². The van der Waals surface area contributed by atoms with Crippen molar-refractivity contribution in [2.24, 2.45) is 7.05 Å². The smallest absolute Gasteiger partial charge is 0.0774 e. The van der Waals surface area contributed by atoms with Gasteiger partial charge in [0, 0.05) is 31.9 Å². The van der Waals surface area contributed by atoms with Crippen LogP contribution in [0.4, 0.5) is 0 Å². The fourth-order valence-corrected chi connectivity index (χ4v) is 2.61. The zero-order valence-corrected chi connectivity index (χ0v) is 10.2. The number of nitrogens with zero attached hydrogens (tertiary/aromatic N) is 3. The highest BCUT2D eigenvalue weighted by atomic mass is 16.3. The molecule has 90 valence electrons. The first kappa shape index (κ1) is 11.6. The summed E-state index contributed by atoms with van der Waals surface area (Å²) < 4.78 is 1.81. The van der Waals surface area contributed by atoms with E-state index in [1.54, 1.807) is 0 Å². The molecule has 0 atom stereocenters. The van der Waals surface area contributed by atoms with Gasteiger partial charge in [0.15, 0.2) is 0 Å². The van der Waals surface area contributed by atoms with E-state index in [0.29, 0.717) is 0 Å². The summed E-state index contributed by atoms with van der Waals surface area (Å²) in [5, 5.41) is 14.4. The first-order valence-electron chi connectivity index (χ1n) is 5.96. The summed E-state index contributed by atoms with van der Waals surface area (Å²) in [4.78, 5) is 2.18. The lowest BCUT2D eigenvalue weighted by Gasteiger charge is -2.28. The molecule has 0 aliphatic heterocycles. The fourth-order valence-electron chi connectivity index (χ4n) is 2.61. The molecular formula is C12H21N3O. The second kappa shape index (κ2) is 4.55. The Morgan fingerprint density at radius 2 is 2.19 bits per heavy atom. The Hall–Kier alpha value is -0.870. The molecule has 1 aliphatic carbocycles. The minimum atomic E-state index is -0.447. The largest absolute Gasteiger partial charge is 0.389 e. The van der Waals surface area contributed by atoms with Gasteiger partial charge in [-0.2, -0.15) is 5.10 Å². The Morgan fingerprint density at radius 1 is 1.50 bits per heavy atom. The van der Waals surface area contributed by atoms with Crippen molar-refractivity contribution in [3.05, 3.63) is 18.0 Å². The summed E-state index contributed by atoms with van der Waals surface area (Å²) in [7, 11) is 3.98. The van der Waals surface area contributed by atoms with Crippen molar-refractivity contribution in [3.63, 3.8) is 0 Å². The van der Waals surface area contributed by atoms with Crippen LogP contribution in [0.5, 0.6) is 0 Å². The maximum atomic E-state index is 10.3. The van der Waals surface area contributed by atoms with Gasteiger partial charge < -0.3 is 5.11 Å². The third-order valence-electron chi connectivity index (χ3n) is 3.31. The molecular weight excluding hydrogens is 202 g/mol. The first-order chi connectivity index (χ1) is 7.57. The zero-order chi connectivity index (χ0) is 11.6. The van der Waals surface area contributed by atoms with Crippen molar-refractivity contribution >= 4 is 0 Å². The molecule has 1 N–H and O–H groups in total. The molecule has 4 heteroatoms. The Kier molecular flexibility index (Phi) is 3.30. The molecule has 1 aromatic rings. The summed E-state index contributed by atoms with van der Waals surface area (Å²) in [6.07, 6.45) is 8.13. The third-order valence-corrected chi connectivity index (χ3v) is 3.31. The molecule has 1 aromatic heterocycles. The van der Waals surface area contributed by atoms with Crippen molar-refractivity contribution in [3.8, 4) is 0 Å². The molecule has 0 aromatic carbocycles. The third kappa shape index (κ3) is 2.83. The number of rotatable bonds is 4. The van der Waals surface area contributed by atoms with Gasteiger partial charge in [0.1, 0.15) is 0 Å². The van der Waals surface area contributed by atoms with Crippen LogP contribution in [0.25, 0.3) is 0 Å².